The summed E-state index contributed by atoms with van der Waals surface area (Å²) in [5.74, 6) is 0.942. The summed E-state index contributed by atoms with van der Waals surface area (Å²) in [4.78, 5) is 29.7. The highest BCUT2D eigenvalue weighted by atomic mass is 35.5. The summed E-state index contributed by atoms with van der Waals surface area (Å²) in [6.07, 6.45) is 4.19. The first kappa shape index (κ1) is 33.2. The average Bonchev–Trinajstić information content (AvgIpc) is 2.93. The second kappa shape index (κ2) is 17.0. The van der Waals surface area contributed by atoms with Crippen LogP contribution in [0.4, 0.5) is 16.2 Å². The number of carbonyl (C=O) groups excluding carboxylic acids is 1. The number of carbonyl (C=O) groups is 1. The second-order valence-electron chi connectivity index (χ2n) is 10.0. The maximum absolute atomic E-state index is 11.6. The van der Waals surface area contributed by atoms with Gasteiger partial charge < -0.3 is 10.2 Å². The molecule has 1 saturated carbocycles. The maximum Gasteiger partial charge on any atom is 0.340 e. The Kier molecular flexibility index (Phi) is 14.4. The number of nitroso groups, excluding NO2 is 1. The van der Waals surface area contributed by atoms with Crippen molar-refractivity contribution in [2.45, 2.75) is 75.3 Å². The Bertz CT molecular complexity index is 989. The molecule has 2 amide bonds. The SMILES string of the molecule is CC1CCC(NC(=O)N(CCCl)N=O)CC1.CCN(CC)C(C)CN1c2ccccc2Sc2ccccc21.Cl. The van der Waals surface area contributed by atoms with Gasteiger partial charge >= 0.3 is 6.03 Å². The average molecular weight is 597 g/mol. The Morgan fingerprint density at radius 3 is 2.08 bits per heavy atom. The van der Waals surface area contributed by atoms with Gasteiger partial charge in [0.2, 0.25) is 0 Å². The molecule has 0 spiro atoms. The van der Waals surface area contributed by atoms with Gasteiger partial charge in [-0.15, -0.1) is 28.9 Å². The standard InChI is InChI=1S/C19H24N2S.C10H18ClN3O2.ClH/c1-4-20(5-2)15(3)14-21-16-10-6-8-12-18(16)22-19-13-9-7-11-17(19)21;1-8-2-4-9(5-3-8)12-10(15)14(13-16)7-6-11;/h6-13,15H,4-5,14H2,1-3H3;8-9H,2-7H2,1H3,(H,12,15);1H. The first-order chi connectivity index (χ1) is 18.4. The Hall–Kier alpha value is -2.00. The van der Waals surface area contributed by atoms with E-state index < -0.39 is 6.03 Å². The van der Waals surface area contributed by atoms with E-state index >= 15 is 0 Å². The first-order valence-electron chi connectivity index (χ1n) is 13.8. The zero-order valence-corrected chi connectivity index (χ0v) is 25.9. The Morgan fingerprint density at radius 1 is 1.05 bits per heavy atom. The molecule has 0 aromatic heterocycles. The molecular weight excluding hydrogens is 553 g/mol. The first-order valence-corrected chi connectivity index (χ1v) is 15.1. The van der Waals surface area contributed by atoms with Gasteiger partial charge in [-0.25, -0.2) is 4.79 Å². The van der Waals surface area contributed by atoms with Gasteiger partial charge in [0.25, 0.3) is 0 Å². The molecule has 1 unspecified atom stereocenters. The molecule has 0 radical (unpaired) electrons. The van der Waals surface area contributed by atoms with Gasteiger partial charge in [-0.1, -0.05) is 56.8 Å². The molecule has 39 heavy (non-hydrogen) atoms. The molecule has 216 valence electrons. The minimum absolute atomic E-state index is 0. The predicted molar refractivity (Wildman–Crippen MR) is 167 cm³/mol. The second-order valence-corrected chi connectivity index (χ2v) is 11.5. The van der Waals surface area contributed by atoms with Crippen LogP contribution >= 0.6 is 35.8 Å². The lowest BCUT2D eigenvalue weighted by molar-refractivity contribution is 0.191. The van der Waals surface area contributed by atoms with Gasteiger partial charge in [-0.2, -0.15) is 5.01 Å². The predicted octanol–water partition coefficient (Wildman–Crippen LogP) is 7.94. The number of rotatable bonds is 9. The molecule has 1 fully saturated rings. The maximum atomic E-state index is 11.6. The fraction of sp³-hybridized carbons (Fsp3) is 0.552. The molecule has 1 atom stereocenters. The number of nitrogens with zero attached hydrogens (tertiary/aromatic N) is 4. The van der Waals surface area contributed by atoms with E-state index in [1.807, 2.05) is 11.8 Å². The molecule has 1 aliphatic carbocycles. The molecule has 2 aromatic carbocycles. The summed E-state index contributed by atoms with van der Waals surface area (Å²) in [6.45, 7) is 12.4. The van der Waals surface area contributed by atoms with E-state index in [2.05, 4.69) is 96.6 Å². The third kappa shape index (κ3) is 9.27. The number of halogens is 2. The van der Waals surface area contributed by atoms with E-state index in [0.29, 0.717) is 6.04 Å². The number of urea groups is 1. The lowest BCUT2D eigenvalue weighted by atomic mass is 9.87. The number of anilines is 2. The lowest BCUT2D eigenvalue weighted by Crippen LogP contribution is -2.44. The molecule has 1 aliphatic heterocycles. The van der Waals surface area contributed by atoms with Gasteiger partial charge in [-0.3, -0.25) is 4.90 Å². The molecule has 7 nitrogen and oxygen atoms in total. The van der Waals surface area contributed by atoms with Gasteiger partial charge in [-0.05, 0) is 75.9 Å². The Morgan fingerprint density at radius 2 is 1.59 bits per heavy atom. The van der Waals surface area contributed by atoms with Crippen molar-refractivity contribution in [2.75, 3.05) is 37.0 Å². The van der Waals surface area contributed by atoms with Crippen molar-refractivity contribution >= 4 is 53.2 Å². The normalized spacial score (nSPS) is 18.5. The van der Waals surface area contributed by atoms with Crippen LogP contribution in [0.1, 0.15) is 53.4 Å². The molecule has 0 bridgehead atoms. The van der Waals surface area contributed by atoms with E-state index in [1.54, 1.807) is 0 Å². The molecule has 1 N–H and O–H groups in total. The molecular formula is C29H43Cl2N5O2S. The number of nitrogens with one attached hydrogen (secondary N) is 1. The highest BCUT2D eigenvalue weighted by molar-refractivity contribution is 7.99. The van der Waals surface area contributed by atoms with Crippen molar-refractivity contribution in [3.8, 4) is 0 Å². The lowest BCUT2D eigenvalue weighted by Gasteiger charge is -2.37. The van der Waals surface area contributed by atoms with Crippen molar-refractivity contribution in [3.05, 3.63) is 53.4 Å². The number of hydrogen-bond donors (Lipinski definition) is 1. The highest BCUT2D eigenvalue weighted by Gasteiger charge is 2.25. The quantitative estimate of drug-likeness (QED) is 0.181. The van der Waals surface area contributed by atoms with Crippen LogP contribution in [0.2, 0.25) is 0 Å². The topological polar surface area (TPSA) is 68.2 Å². The molecule has 2 aliphatic rings. The number of likely N-dealkylation sites (N-methyl/N-ethyl adjacent to an activating group) is 1. The summed E-state index contributed by atoms with van der Waals surface area (Å²) in [5.41, 5.74) is 2.68. The zero-order chi connectivity index (χ0) is 27.5. The minimum Gasteiger partial charge on any atom is -0.338 e. The van der Waals surface area contributed by atoms with Crippen LogP contribution in [0.5, 0.6) is 0 Å². The largest absolute Gasteiger partial charge is 0.340 e. The van der Waals surface area contributed by atoms with Gasteiger partial charge in [0.15, 0.2) is 0 Å². The van der Waals surface area contributed by atoms with Gasteiger partial charge in [0.1, 0.15) is 0 Å². The number of fused-ring (bicyclic) bond motifs is 2. The minimum atomic E-state index is -0.435. The van der Waals surface area contributed by atoms with Gasteiger partial charge in [0.05, 0.1) is 23.2 Å². The van der Waals surface area contributed by atoms with Gasteiger partial charge in [0, 0.05) is 34.3 Å². The van der Waals surface area contributed by atoms with Crippen LogP contribution in [-0.2, 0) is 0 Å². The van der Waals surface area contributed by atoms with Crippen LogP contribution in [0.15, 0.2) is 63.6 Å². The van der Waals surface area contributed by atoms with E-state index in [9.17, 15) is 9.70 Å². The highest BCUT2D eigenvalue weighted by Crippen LogP contribution is 2.47. The van der Waals surface area contributed by atoms with Crippen molar-refractivity contribution in [3.63, 3.8) is 0 Å². The van der Waals surface area contributed by atoms with Crippen LogP contribution in [0, 0.1) is 10.8 Å². The fourth-order valence-electron chi connectivity index (χ4n) is 5.12. The summed E-state index contributed by atoms with van der Waals surface area (Å²) >= 11 is 7.34. The molecule has 10 heteroatoms. The third-order valence-electron chi connectivity index (χ3n) is 7.39. The van der Waals surface area contributed by atoms with Crippen LogP contribution in [0.25, 0.3) is 0 Å². The van der Waals surface area contributed by atoms with E-state index in [-0.39, 0.29) is 30.9 Å². The summed E-state index contributed by atoms with van der Waals surface area (Å²) in [6, 6.07) is 17.7. The van der Waals surface area contributed by atoms with Crippen LogP contribution < -0.4 is 10.2 Å². The number of amides is 2. The molecule has 2 aromatic rings. The van der Waals surface area contributed by atoms with Crippen molar-refractivity contribution in [2.24, 2.45) is 11.2 Å². The fourth-order valence-corrected chi connectivity index (χ4v) is 6.37. The summed E-state index contributed by atoms with van der Waals surface area (Å²) < 4.78 is 0. The number of hydrogen-bond acceptors (Lipinski definition) is 6. The van der Waals surface area contributed by atoms with E-state index in [0.717, 1.165) is 56.2 Å². The van der Waals surface area contributed by atoms with Crippen molar-refractivity contribution in [1.29, 1.82) is 0 Å². The Labute approximate surface area is 249 Å². The monoisotopic (exact) mass is 595 g/mol. The number of para-hydroxylation sites is 2. The van der Waals surface area contributed by atoms with Crippen molar-refractivity contribution in [1.82, 2.24) is 15.2 Å². The van der Waals surface area contributed by atoms with Crippen molar-refractivity contribution < 1.29 is 4.79 Å². The van der Waals surface area contributed by atoms with Crippen LogP contribution in [0.3, 0.4) is 0 Å². The smallest absolute Gasteiger partial charge is 0.338 e. The molecule has 0 saturated heterocycles. The Balaban J connectivity index is 0.000000281. The number of benzene rings is 2. The van der Waals surface area contributed by atoms with E-state index in [1.165, 1.54) is 21.2 Å². The molecule has 1 heterocycles. The van der Waals surface area contributed by atoms with Crippen LogP contribution in [-0.4, -0.2) is 60.1 Å². The summed E-state index contributed by atoms with van der Waals surface area (Å²) in [5, 5.41) is 6.29. The molecule has 4 rings (SSSR count). The number of alkyl halides is 1. The van der Waals surface area contributed by atoms with E-state index in [4.69, 9.17) is 11.6 Å². The zero-order valence-electron chi connectivity index (χ0n) is 23.5. The summed E-state index contributed by atoms with van der Waals surface area (Å²) in [7, 11) is 0. The third-order valence-corrected chi connectivity index (χ3v) is 8.69.